The van der Waals surface area contributed by atoms with Gasteiger partial charge in [-0.3, -0.25) is 0 Å². The van der Waals surface area contributed by atoms with Crippen molar-refractivity contribution in [3.8, 4) is 28.6 Å². The number of phenols is 2. The van der Waals surface area contributed by atoms with Gasteiger partial charge >= 0.3 is 5.69 Å². The molecule has 0 saturated heterocycles. The van der Waals surface area contributed by atoms with Crippen LogP contribution >= 0.6 is 0 Å². The lowest BCUT2D eigenvalue weighted by Crippen LogP contribution is -2.16. The molecule has 3 aromatic rings. The van der Waals surface area contributed by atoms with Crippen LogP contribution in [0.2, 0.25) is 0 Å². The van der Waals surface area contributed by atoms with E-state index in [1.54, 1.807) is 6.07 Å². The number of aromatic nitrogens is 3. The van der Waals surface area contributed by atoms with Crippen LogP contribution in [0.1, 0.15) is 30.9 Å². The van der Waals surface area contributed by atoms with E-state index in [9.17, 15) is 15.0 Å². The van der Waals surface area contributed by atoms with Gasteiger partial charge in [-0.05, 0) is 48.2 Å². The molecule has 0 aliphatic rings. The third kappa shape index (κ3) is 3.21. The second kappa shape index (κ2) is 7.05. The molecule has 0 saturated carbocycles. The molecule has 0 bridgehead atoms. The molecule has 0 atom stereocenters. The predicted molar refractivity (Wildman–Crippen MR) is 99.8 cm³/mol. The van der Waals surface area contributed by atoms with Gasteiger partial charge in [0.1, 0.15) is 11.5 Å². The van der Waals surface area contributed by atoms with Crippen molar-refractivity contribution in [2.75, 3.05) is 6.54 Å². The summed E-state index contributed by atoms with van der Waals surface area (Å²) in [6.45, 7) is 4.42. The number of hydrogen-bond donors (Lipinski definition) is 4. The predicted octanol–water partition coefficient (Wildman–Crippen LogP) is 2.26. The topological polar surface area (TPSA) is 117 Å². The van der Waals surface area contributed by atoms with Gasteiger partial charge in [-0.25, -0.2) is 14.5 Å². The summed E-state index contributed by atoms with van der Waals surface area (Å²) in [6, 6.07) is 10.4. The van der Waals surface area contributed by atoms with E-state index in [-0.39, 0.29) is 23.2 Å². The van der Waals surface area contributed by atoms with Crippen LogP contribution in [0.5, 0.6) is 11.5 Å². The highest BCUT2D eigenvalue weighted by Crippen LogP contribution is 2.37. The van der Waals surface area contributed by atoms with Crippen molar-refractivity contribution in [1.82, 2.24) is 14.8 Å². The number of hydrogen-bond acceptors (Lipinski definition) is 5. The molecule has 3 rings (SSSR count). The molecule has 0 radical (unpaired) electrons. The fourth-order valence-electron chi connectivity index (χ4n) is 2.93. The summed E-state index contributed by atoms with van der Waals surface area (Å²) < 4.78 is 1.39. The van der Waals surface area contributed by atoms with Gasteiger partial charge in [-0.1, -0.05) is 26.0 Å². The molecule has 0 aliphatic heterocycles. The molecule has 0 aliphatic carbocycles. The number of nitrogens with zero attached hydrogens (tertiary/aromatic N) is 2. The molecule has 0 unspecified atom stereocenters. The molecule has 7 nitrogen and oxygen atoms in total. The van der Waals surface area contributed by atoms with Crippen molar-refractivity contribution in [1.29, 1.82) is 0 Å². The summed E-state index contributed by atoms with van der Waals surface area (Å²) in [6.07, 6.45) is 0.754. The van der Waals surface area contributed by atoms with Crippen molar-refractivity contribution in [2.45, 2.75) is 26.2 Å². The Morgan fingerprint density at radius 1 is 1.15 bits per heavy atom. The van der Waals surface area contributed by atoms with E-state index in [0.717, 1.165) is 12.0 Å². The van der Waals surface area contributed by atoms with Crippen molar-refractivity contribution in [3.63, 3.8) is 0 Å². The van der Waals surface area contributed by atoms with Gasteiger partial charge in [-0.15, -0.1) is 0 Å². The van der Waals surface area contributed by atoms with Crippen LogP contribution in [-0.2, 0) is 6.42 Å². The lowest BCUT2D eigenvalue weighted by atomic mass is 9.98. The largest absolute Gasteiger partial charge is 0.508 e. The van der Waals surface area contributed by atoms with E-state index in [1.165, 1.54) is 10.6 Å². The highest BCUT2D eigenvalue weighted by molar-refractivity contribution is 5.69. The molecule has 5 N–H and O–H groups in total. The lowest BCUT2D eigenvalue weighted by Gasteiger charge is -2.13. The van der Waals surface area contributed by atoms with E-state index in [0.29, 0.717) is 23.4 Å². The summed E-state index contributed by atoms with van der Waals surface area (Å²) >= 11 is 0. The average molecular weight is 354 g/mol. The summed E-state index contributed by atoms with van der Waals surface area (Å²) in [5.41, 5.74) is 7.89. The van der Waals surface area contributed by atoms with E-state index < -0.39 is 5.69 Å². The zero-order chi connectivity index (χ0) is 18.8. The Hall–Kier alpha value is -3.06. The first kappa shape index (κ1) is 17.8. The second-order valence-electron chi connectivity index (χ2n) is 6.48. The van der Waals surface area contributed by atoms with Gasteiger partial charge < -0.3 is 15.9 Å². The molecule has 1 heterocycles. The second-order valence-corrected chi connectivity index (χ2v) is 6.48. The summed E-state index contributed by atoms with van der Waals surface area (Å²) in [7, 11) is 0. The Kier molecular flexibility index (Phi) is 4.81. The van der Waals surface area contributed by atoms with Crippen LogP contribution in [0.15, 0.2) is 41.2 Å². The molecule has 1 aromatic heterocycles. The Balaban J connectivity index is 2.14. The Morgan fingerprint density at radius 3 is 2.46 bits per heavy atom. The monoisotopic (exact) mass is 354 g/mol. The van der Waals surface area contributed by atoms with Crippen LogP contribution in [-0.4, -0.2) is 31.5 Å². The molecule has 26 heavy (non-hydrogen) atoms. The Morgan fingerprint density at radius 2 is 1.85 bits per heavy atom. The first-order chi connectivity index (χ1) is 12.4. The van der Waals surface area contributed by atoms with Crippen molar-refractivity contribution in [2.24, 2.45) is 5.73 Å². The molecule has 0 fully saturated rings. The number of nitrogens with one attached hydrogen (secondary N) is 1. The number of benzene rings is 2. The Labute approximate surface area is 150 Å². The smallest absolute Gasteiger partial charge is 0.348 e. The van der Waals surface area contributed by atoms with E-state index in [4.69, 9.17) is 5.73 Å². The average Bonchev–Trinajstić information content (AvgIpc) is 2.97. The first-order valence-corrected chi connectivity index (χ1v) is 8.45. The third-order valence-corrected chi connectivity index (χ3v) is 4.31. The quantitative estimate of drug-likeness (QED) is 0.561. The maximum Gasteiger partial charge on any atom is 0.348 e. The molecular weight excluding hydrogens is 332 g/mol. The Bertz CT molecular complexity index is 971. The van der Waals surface area contributed by atoms with Crippen LogP contribution < -0.4 is 11.4 Å². The normalized spacial score (nSPS) is 11.2. The number of aromatic hydroxyl groups is 2. The lowest BCUT2D eigenvalue weighted by molar-refractivity contribution is 0.444. The van der Waals surface area contributed by atoms with Gasteiger partial charge in [0.2, 0.25) is 0 Å². The summed E-state index contributed by atoms with van der Waals surface area (Å²) in [5, 5.41) is 26.8. The van der Waals surface area contributed by atoms with Gasteiger partial charge in [-0.2, -0.15) is 5.10 Å². The number of H-pyrrole nitrogens is 1. The minimum Gasteiger partial charge on any atom is -0.508 e. The minimum absolute atomic E-state index is 0.0109. The fraction of sp³-hybridized carbons (Fsp3) is 0.263. The van der Waals surface area contributed by atoms with Crippen LogP contribution in [0, 0.1) is 0 Å². The SMILES string of the molecule is CC(C)c1cc(-c2n[nH]c(=O)n2-c2ccc(CCN)cc2)c(O)cc1O. The first-order valence-electron chi connectivity index (χ1n) is 8.45. The molecule has 0 amide bonds. The summed E-state index contributed by atoms with van der Waals surface area (Å²) in [4.78, 5) is 12.3. The molecule has 0 spiro atoms. The van der Waals surface area contributed by atoms with Crippen LogP contribution in [0.25, 0.3) is 17.1 Å². The van der Waals surface area contributed by atoms with Gasteiger partial charge in [0.15, 0.2) is 5.82 Å². The van der Waals surface area contributed by atoms with Crippen LogP contribution in [0.3, 0.4) is 0 Å². The molecular formula is C19H22N4O3. The van der Waals surface area contributed by atoms with E-state index in [1.807, 2.05) is 38.1 Å². The van der Waals surface area contributed by atoms with Gasteiger partial charge in [0.25, 0.3) is 0 Å². The maximum atomic E-state index is 12.3. The van der Waals surface area contributed by atoms with Crippen LogP contribution in [0.4, 0.5) is 0 Å². The highest BCUT2D eigenvalue weighted by Gasteiger charge is 2.19. The van der Waals surface area contributed by atoms with Crippen molar-refractivity contribution >= 4 is 0 Å². The minimum atomic E-state index is -0.412. The maximum absolute atomic E-state index is 12.3. The number of rotatable bonds is 5. The number of nitrogens with two attached hydrogens (primary N) is 1. The molecule has 7 heteroatoms. The zero-order valence-corrected chi connectivity index (χ0v) is 14.7. The van der Waals surface area contributed by atoms with Crippen molar-refractivity contribution in [3.05, 3.63) is 58.0 Å². The van der Waals surface area contributed by atoms with E-state index in [2.05, 4.69) is 10.2 Å². The van der Waals surface area contributed by atoms with Crippen molar-refractivity contribution < 1.29 is 10.2 Å². The summed E-state index contributed by atoms with van der Waals surface area (Å²) in [5.74, 6) is 0.189. The number of phenolic OH excluding ortho intramolecular Hbond substituents is 2. The fourth-order valence-corrected chi connectivity index (χ4v) is 2.93. The van der Waals surface area contributed by atoms with Gasteiger partial charge in [0.05, 0.1) is 11.3 Å². The zero-order valence-electron chi connectivity index (χ0n) is 14.7. The third-order valence-electron chi connectivity index (χ3n) is 4.31. The van der Waals surface area contributed by atoms with Gasteiger partial charge in [0, 0.05) is 6.07 Å². The highest BCUT2D eigenvalue weighted by atomic mass is 16.3. The number of aromatic amines is 1. The van der Waals surface area contributed by atoms with E-state index >= 15 is 0 Å². The molecule has 2 aromatic carbocycles. The molecule has 136 valence electrons. The standard InChI is InChI=1S/C19H22N4O3/c1-11(2)14-9-15(17(25)10-16(14)24)18-21-22-19(26)23(18)13-5-3-12(4-6-13)7-8-20/h3-6,9-11,24-25H,7-8,20H2,1-2H3,(H,22,26).